The van der Waals surface area contributed by atoms with E-state index in [1.54, 1.807) is 112 Å². The van der Waals surface area contributed by atoms with Crippen molar-refractivity contribution in [1.29, 1.82) is 0 Å². The van der Waals surface area contributed by atoms with E-state index >= 15 is 0 Å². The summed E-state index contributed by atoms with van der Waals surface area (Å²) in [6.45, 7) is 10.2. The van der Waals surface area contributed by atoms with Crippen molar-refractivity contribution in [3.63, 3.8) is 0 Å². The van der Waals surface area contributed by atoms with E-state index in [2.05, 4.69) is 49.8 Å². The van der Waals surface area contributed by atoms with Crippen molar-refractivity contribution in [2.75, 3.05) is 13.2 Å². The Morgan fingerprint density at radius 2 is 0.609 bits per heavy atom. The molecule has 0 atom stereocenters. The van der Waals surface area contributed by atoms with Crippen LogP contribution in [0.3, 0.4) is 0 Å². The number of ketones is 2. The van der Waals surface area contributed by atoms with E-state index in [9.17, 15) is 69.5 Å². The Labute approximate surface area is 397 Å². The fourth-order valence-corrected chi connectivity index (χ4v) is 3.55. The molecule has 69 heavy (non-hydrogen) atoms. The second-order valence-corrected chi connectivity index (χ2v) is 16.2. The second-order valence-electron chi connectivity index (χ2n) is 12.4. The van der Waals surface area contributed by atoms with Gasteiger partial charge in [-0.25, -0.2) is 9.59 Å². The number of pyridine rings is 2. The Bertz CT molecular complexity index is 2220. The number of hydrogen-bond acceptors (Lipinski definition) is 16. The summed E-state index contributed by atoms with van der Waals surface area (Å²) in [6, 6.07) is 6.29. The topological polar surface area (TPSA) is 216 Å². The number of ether oxygens (including phenoxy) is 2. The van der Waals surface area contributed by atoms with Crippen molar-refractivity contribution in [1.82, 2.24) is 49.8 Å². The molecular formula is C38H40F12N10O6P2Ru. The Balaban J connectivity index is 0. The number of rotatable bonds is 7. The van der Waals surface area contributed by atoms with Gasteiger partial charge < -0.3 is 19.1 Å². The Kier molecular flexibility index (Phi) is 25.2. The molecule has 0 radical (unpaired) electrons. The fourth-order valence-electron chi connectivity index (χ4n) is 3.55. The first-order chi connectivity index (χ1) is 30.9. The number of Topliss-reactive ketones (excluding diaryl/α,β-unsaturated/α-hetero) is 2. The maximum absolute atomic E-state index is 11.7. The van der Waals surface area contributed by atoms with E-state index < -0.39 is 27.6 Å². The number of carbonyl (C=O) groups excluding carboxylic acids is 4. The van der Waals surface area contributed by atoms with Crippen LogP contribution in [0.5, 0.6) is 0 Å². The van der Waals surface area contributed by atoms with Gasteiger partial charge in [0, 0.05) is 62.0 Å². The van der Waals surface area contributed by atoms with Crippen molar-refractivity contribution in [2.24, 2.45) is 0 Å². The number of esters is 2. The third-order valence-corrected chi connectivity index (χ3v) is 5.58. The molecule has 6 heterocycles. The Hall–Kier alpha value is -6.46. The minimum absolute atomic E-state index is 0. The number of carbonyl (C=O) groups is 4. The molecular weight excluding hydrogens is 1080 g/mol. The van der Waals surface area contributed by atoms with Crippen molar-refractivity contribution in [2.45, 2.75) is 41.5 Å². The van der Waals surface area contributed by atoms with Crippen LogP contribution in [0.25, 0.3) is 34.2 Å². The maximum Gasteiger partial charge on any atom is 2.00 e. The molecule has 16 nitrogen and oxygen atoms in total. The van der Waals surface area contributed by atoms with Crippen LogP contribution in [0, 0.1) is 0 Å². The predicted octanol–water partition coefficient (Wildman–Crippen LogP) is 12.3. The van der Waals surface area contributed by atoms with Crippen molar-refractivity contribution < 1.29 is 98.5 Å². The second kappa shape index (κ2) is 26.9. The van der Waals surface area contributed by atoms with E-state index in [1.165, 1.54) is 40.1 Å². The molecule has 6 rings (SSSR count). The molecule has 0 saturated carbocycles. The number of aromatic nitrogens is 10. The van der Waals surface area contributed by atoms with E-state index in [4.69, 9.17) is 9.47 Å². The zero-order valence-corrected chi connectivity index (χ0v) is 40.0. The van der Waals surface area contributed by atoms with Crippen LogP contribution in [-0.2, 0) is 38.5 Å². The molecule has 0 spiro atoms. The third-order valence-electron chi connectivity index (χ3n) is 5.58. The van der Waals surface area contributed by atoms with Crippen molar-refractivity contribution >= 4 is 39.1 Å². The van der Waals surface area contributed by atoms with Gasteiger partial charge in [-0.05, 0) is 65.8 Å². The molecule has 0 fully saturated rings. The number of nitrogens with zero attached hydrogens (tertiary/aromatic N) is 10. The van der Waals surface area contributed by atoms with E-state index in [-0.39, 0.29) is 31.0 Å². The van der Waals surface area contributed by atoms with Crippen LogP contribution in [0.4, 0.5) is 50.4 Å². The summed E-state index contributed by atoms with van der Waals surface area (Å²) in [5.41, 5.74) is 4.70. The third kappa shape index (κ3) is 42.6. The first kappa shape index (κ1) is 64.6. The average Bonchev–Trinajstić information content (AvgIpc) is 3.23. The first-order valence-corrected chi connectivity index (χ1v) is 22.4. The van der Waals surface area contributed by atoms with Gasteiger partial charge in [0.1, 0.15) is 34.3 Å². The van der Waals surface area contributed by atoms with Gasteiger partial charge in [0.25, 0.3) is 0 Å². The van der Waals surface area contributed by atoms with Crippen molar-refractivity contribution in [3.8, 4) is 34.2 Å². The van der Waals surface area contributed by atoms with Gasteiger partial charge in [-0.15, -0.1) is 0 Å². The summed E-state index contributed by atoms with van der Waals surface area (Å²) >= 11 is 0. The van der Waals surface area contributed by atoms with Crippen LogP contribution >= 0.6 is 15.6 Å². The van der Waals surface area contributed by atoms with Crippen LogP contribution in [-0.4, -0.2) is 86.6 Å². The van der Waals surface area contributed by atoms with Crippen molar-refractivity contribution in [3.05, 3.63) is 122 Å². The summed E-state index contributed by atoms with van der Waals surface area (Å²) < 4.78 is 128. The maximum atomic E-state index is 11.7. The smallest absolute Gasteiger partial charge is 0.261 e. The fraction of sp³-hybridized carbons (Fsp3) is 0.211. The number of halogens is 12. The molecule has 6 aromatic heterocycles. The molecule has 6 aromatic rings. The minimum Gasteiger partial charge on any atom is -0.261 e. The zero-order valence-electron chi connectivity index (χ0n) is 36.5. The van der Waals surface area contributed by atoms with Gasteiger partial charge in [0.2, 0.25) is 0 Å². The zero-order chi connectivity index (χ0) is 52.4. The molecule has 0 saturated heterocycles. The quantitative estimate of drug-likeness (QED) is 0.0628. The molecule has 0 bridgehead atoms. The summed E-state index contributed by atoms with van der Waals surface area (Å²) in [5.74, 6) is -0.514. The molecule has 380 valence electrons. The van der Waals surface area contributed by atoms with E-state index in [0.29, 0.717) is 35.7 Å². The van der Waals surface area contributed by atoms with Crippen LogP contribution in [0.2, 0.25) is 0 Å². The normalized spacial score (nSPS) is 12.0. The summed E-state index contributed by atoms with van der Waals surface area (Å²) in [7, 11) is -21.3. The van der Waals surface area contributed by atoms with Gasteiger partial charge in [-0.3, -0.25) is 49.8 Å². The molecule has 0 aliphatic rings. The van der Waals surface area contributed by atoms with Gasteiger partial charge in [0.05, 0.1) is 60.5 Å². The van der Waals surface area contributed by atoms with Crippen LogP contribution < -0.4 is 0 Å². The molecule has 0 N–H and O–H groups in total. The average molecular weight is 1120 g/mol. The minimum atomic E-state index is -10.7. The van der Waals surface area contributed by atoms with Crippen LogP contribution in [0.1, 0.15) is 62.3 Å². The summed E-state index contributed by atoms with van der Waals surface area (Å²) in [5, 5.41) is 0. The Morgan fingerprint density at radius 3 is 0.783 bits per heavy atom. The molecule has 0 aliphatic carbocycles. The first-order valence-electron chi connectivity index (χ1n) is 18.3. The molecule has 0 unspecified atom stereocenters. The van der Waals surface area contributed by atoms with Gasteiger partial charge >= 0.3 is 97.4 Å². The summed E-state index contributed by atoms with van der Waals surface area (Å²) in [6.07, 6.45) is 22.6. The standard InChI is InChI=1S/C16H16N2O4.2C8H6N4.2C3H6O.2F6P.Ru/c1-3-21-15(19)11-5-7-17-13(9-11)14-10-12(6-8-18-14)16(20)22-4-2;2*1-3-11-7(5-9-1)8-6-10-2-4-12-8;2*1-3(2)4;2*1-7(2,3,4,5)6;/h5-10H,3-4H2,1-2H3;2*1-6H;2*1-2H3;;;/q;;;;;2*-1;+2. The largest absolute Gasteiger partial charge is 2.00 e. The predicted molar refractivity (Wildman–Crippen MR) is 225 cm³/mol. The molecule has 0 aliphatic heterocycles. The molecule has 0 amide bonds. The van der Waals surface area contributed by atoms with Gasteiger partial charge in [-0.1, -0.05) is 0 Å². The van der Waals surface area contributed by atoms with Gasteiger partial charge in [0.15, 0.2) is 0 Å². The SMILES string of the molecule is CC(C)=O.CC(C)=O.CCOC(=O)c1ccnc(-c2cc(C(=O)OCC)ccn2)c1.F[P-](F)(F)(F)(F)F.F[P-](F)(F)(F)(F)F.[Ru+2].c1cnc(-c2cnccn2)cn1.c1cnc(-c2cnccn2)cn1. The monoisotopic (exact) mass is 1120 g/mol. The van der Waals surface area contributed by atoms with E-state index in [1.807, 2.05) is 0 Å². The van der Waals surface area contributed by atoms with E-state index in [0.717, 1.165) is 22.8 Å². The number of hydrogen-bond donors (Lipinski definition) is 0. The van der Waals surface area contributed by atoms with Crippen LogP contribution in [0.15, 0.2) is 111 Å². The van der Waals surface area contributed by atoms with Gasteiger partial charge in [-0.2, -0.15) is 0 Å². The molecule has 31 heteroatoms. The molecule has 0 aromatic carbocycles. The summed E-state index contributed by atoms with van der Waals surface area (Å²) in [4.78, 5) is 82.8. The Morgan fingerprint density at radius 1 is 0.406 bits per heavy atom.